The molecule has 2 aliphatic rings. The van der Waals surface area contributed by atoms with Crippen molar-refractivity contribution in [2.24, 2.45) is 0 Å². The molecule has 0 unspecified atom stereocenters. The number of hydrogen-bond donors (Lipinski definition) is 1. The maximum atomic E-state index is 12.3. The molecule has 2 saturated heterocycles. The average molecular weight is 346 g/mol. The van der Waals surface area contributed by atoms with E-state index >= 15 is 0 Å². The number of nitrogens with zero attached hydrogens (tertiary/aromatic N) is 3. The molecule has 2 amide bonds. The maximum Gasteiger partial charge on any atom is 0.242 e. The van der Waals surface area contributed by atoms with Crippen LogP contribution < -0.4 is 5.32 Å². The predicted molar refractivity (Wildman–Crippen MR) is 92.7 cm³/mol. The van der Waals surface area contributed by atoms with Crippen molar-refractivity contribution in [3.8, 4) is 0 Å². The predicted octanol–water partition coefficient (Wildman–Crippen LogP) is 0.713. The third-order valence-electron chi connectivity index (χ3n) is 4.76. The standard InChI is InChI=1S/C18H26N4O3/c1-14(23)19-12-18(24)22-6-2-3-17(22)16-5-4-15(11-20-16)13-21-7-9-25-10-8-21/h4-5,11,17H,2-3,6-10,12-13H2,1H3,(H,19,23)/t17-/m1/s1. The number of hydrogen-bond acceptors (Lipinski definition) is 5. The zero-order valence-corrected chi connectivity index (χ0v) is 14.7. The Kier molecular flexibility index (Phi) is 5.99. The topological polar surface area (TPSA) is 74.8 Å². The lowest BCUT2D eigenvalue weighted by atomic mass is 10.1. The van der Waals surface area contributed by atoms with E-state index in [0.29, 0.717) is 0 Å². The fourth-order valence-electron chi connectivity index (χ4n) is 3.42. The van der Waals surface area contributed by atoms with E-state index in [-0.39, 0.29) is 24.4 Å². The fraction of sp³-hybridized carbons (Fsp3) is 0.611. The summed E-state index contributed by atoms with van der Waals surface area (Å²) in [6.07, 6.45) is 3.80. The van der Waals surface area contributed by atoms with Crippen molar-refractivity contribution in [1.29, 1.82) is 0 Å². The van der Waals surface area contributed by atoms with Crippen LogP contribution in [0.4, 0.5) is 0 Å². The minimum atomic E-state index is -0.185. The van der Waals surface area contributed by atoms with E-state index < -0.39 is 0 Å². The highest BCUT2D eigenvalue weighted by molar-refractivity contribution is 5.84. The first-order chi connectivity index (χ1) is 12.1. The Labute approximate surface area is 148 Å². The molecule has 7 heteroatoms. The second-order valence-electron chi connectivity index (χ2n) is 6.63. The van der Waals surface area contributed by atoms with Crippen LogP contribution in [-0.2, 0) is 20.9 Å². The molecule has 7 nitrogen and oxygen atoms in total. The van der Waals surface area contributed by atoms with Crippen molar-refractivity contribution in [1.82, 2.24) is 20.1 Å². The molecule has 1 aromatic rings. The molecule has 3 heterocycles. The molecule has 2 aliphatic heterocycles. The van der Waals surface area contributed by atoms with Gasteiger partial charge in [-0.2, -0.15) is 0 Å². The Morgan fingerprint density at radius 2 is 2.08 bits per heavy atom. The van der Waals surface area contributed by atoms with Gasteiger partial charge in [-0.05, 0) is 24.5 Å². The number of ether oxygens (including phenoxy) is 1. The third kappa shape index (κ3) is 4.76. The summed E-state index contributed by atoms with van der Waals surface area (Å²) in [5.74, 6) is -0.230. The number of rotatable bonds is 5. The van der Waals surface area contributed by atoms with Crippen LogP contribution in [0.2, 0.25) is 0 Å². The fourth-order valence-corrected chi connectivity index (χ4v) is 3.42. The molecule has 1 aromatic heterocycles. The summed E-state index contributed by atoms with van der Waals surface area (Å²) in [6.45, 7) is 6.57. The lowest BCUT2D eigenvalue weighted by molar-refractivity contribution is -0.133. The number of aromatic nitrogens is 1. The zero-order valence-electron chi connectivity index (χ0n) is 14.7. The van der Waals surface area contributed by atoms with Gasteiger partial charge in [0.2, 0.25) is 11.8 Å². The summed E-state index contributed by atoms with van der Waals surface area (Å²) in [5, 5.41) is 2.58. The van der Waals surface area contributed by atoms with Crippen molar-refractivity contribution >= 4 is 11.8 Å². The lowest BCUT2D eigenvalue weighted by Crippen LogP contribution is -2.39. The van der Waals surface area contributed by atoms with E-state index in [4.69, 9.17) is 4.74 Å². The van der Waals surface area contributed by atoms with Gasteiger partial charge in [0.15, 0.2) is 0 Å². The number of morpholine rings is 1. The van der Waals surface area contributed by atoms with E-state index in [1.807, 2.05) is 17.2 Å². The van der Waals surface area contributed by atoms with Crippen molar-refractivity contribution < 1.29 is 14.3 Å². The number of pyridine rings is 1. The van der Waals surface area contributed by atoms with Crippen LogP contribution in [0.1, 0.15) is 37.1 Å². The van der Waals surface area contributed by atoms with Crippen LogP contribution >= 0.6 is 0 Å². The van der Waals surface area contributed by atoms with Gasteiger partial charge in [0.05, 0.1) is 31.5 Å². The molecule has 0 spiro atoms. The Morgan fingerprint density at radius 1 is 1.28 bits per heavy atom. The first-order valence-corrected chi connectivity index (χ1v) is 8.92. The molecule has 1 atom stereocenters. The van der Waals surface area contributed by atoms with Crippen molar-refractivity contribution in [2.75, 3.05) is 39.4 Å². The van der Waals surface area contributed by atoms with Crippen LogP contribution in [-0.4, -0.2) is 66.0 Å². The molecule has 1 N–H and O–H groups in total. The second-order valence-corrected chi connectivity index (χ2v) is 6.63. The molecule has 0 radical (unpaired) electrons. The van der Waals surface area contributed by atoms with Gasteiger partial charge in [0, 0.05) is 39.3 Å². The molecular weight excluding hydrogens is 320 g/mol. The van der Waals surface area contributed by atoms with Crippen LogP contribution in [0.5, 0.6) is 0 Å². The summed E-state index contributed by atoms with van der Waals surface area (Å²) in [7, 11) is 0. The van der Waals surface area contributed by atoms with E-state index in [2.05, 4.69) is 21.3 Å². The number of nitrogens with one attached hydrogen (secondary N) is 1. The first kappa shape index (κ1) is 17.8. The normalized spacial score (nSPS) is 21.3. The van der Waals surface area contributed by atoms with Gasteiger partial charge in [-0.3, -0.25) is 19.5 Å². The summed E-state index contributed by atoms with van der Waals surface area (Å²) >= 11 is 0. The Hall–Kier alpha value is -1.99. The summed E-state index contributed by atoms with van der Waals surface area (Å²) in [5.41, 5.74) is 2.11. The molecular formula is C18H26N4O3. The lowest BCUT2D eigenvalue weighted by Gasteiger charge is -2.27. The summed E-state index contributed by atoms with van der Waals surface area (Å²) in [6, 6.07) is 4.15. The van der Waals surface area contributed by atoms with E-state index in [0.717, 1.165) is 57.9 Å². The van der Waals surface area contributed by atoms with Gasteiger partial charge >= 0.3 is 0 Å². The molecule has 3 rings (SSSR count). The second kappa shape index (κ2) is 8.40. The first-order valence-electron chi connectivity index (χ1n) is 8.92. The van der Waals surface area contributed by atoms with E-state index in [1.165, 1.54) is 12.5 Å². The zero-order chi connectivity index (χ0) is 17.6. The Bertz CT molecular complexity index is 599. The highest BCUT2D eigenvalue weighted by atomic mass is 16.5. The van der Waals surface area contributed by atoms with Gasteiger partial charge in [0.25, 0.3) is 0 Å². The largest absolute Gasteiger partial charge is 0.379 e. The summed E-state index contributed by atoms with van der Waals surface area (Å²) < 4.78 is 5.37. The molecule has 136 valence electrons. The molecule has 25 heavy (non-hydrogen) atoms. The van der Waals surface area contributed by atoms with E-state index in [9.17, 15) is 9.59 Å². The van der Waals surface area contributed by atoms with Crippen molar-refractivity contribution in [3.05, 3.63) is 29.6 Å². The average Bonchev–Trinajstić information content (AvgIpc) is 3.11. The minimum Gasteiger partial charge on any atom is -0.379 e. The highest BCUT2D eigenvalue weighted by Crippen LogP contribution is 2.30. The van der Waals surface area contributed by atoms with Crippen LogP contribution in [0.3, 0.4) is 0 Å². The van der Waals surface area contributed by atoms with Gasteiger partial charge in [-0.25, -0.2) is 0 Å². The third-order valence-corrected chi connectivity index (χ3v) is 4.76. The number of likely N-dealkylation sites (tertiary alicyclic amines) is 1. The molecule has 0 aromatic carbocycles. The van der Waals surface area contributed by atoms with Crippen LogP contribution in [0.15, 0.2) is 18.3 Å². The van der Waals surface area contributed by atoms with E-state index in [1.54, 1.807) is 0 Å². The Balaban J connectivity index is 1.60. The smallest absolute Gasteiger partial charge is 0.242 e. The maximum absolute atomic E-state index is 12.3. The Morgan fingerprint density at radius 3 is 2.76 bits per heavy atom. The summed E-state index contributed by atoms with van der Waals surface area (Å²) in [4.78, 5) is 32.1. The van der Waals surface area contributed by atoms with Crippen LogP contribution in [0, 0.1) is 0 Å². The van der Waals surface area contributed by atoms with Gasteiger partial charge < -0.3 is 15.0 Å². The minimum absolute atomic E-state index is 0.0127. The molecule has 0 aliphatic carbocycles. The van der Waals surface area contributed by atoms with Crippen molar-refractivity contribution in [3.63, 3.8) is 0 Å². The van der Waals surface area contributed by atoms with Crippen LogP contribution in [0.25, 0.3) is 0 Å². The molecule has 0 bridgehead atoms. The molecule has 2 fully saturated rings. The number of carbonyl (C=O) groups is 2. The van der Waals surface area contributed by atoms with Gasteiger partial charge in [-0.1, -0.05) is 6.07 Å². The SMILES string of the molecule is CC(=O)NCC(=O)N1CCC[C@@H]1c1ccc(CN2CCOCC2)cn1. The number of carbonyl (C=O) groups excluding carboxylic acids is 2. The van der Waals surface area contributed by atoms with Gasteiger partial charge in [0.1, 0.15) is 0 Å². The highest BCUT2D eigenvalue weighted by Gasteiger charge is 2.30. The van der Waals surface area contributed by atoms with Crippen molar-refractivity contribution in [2.45, 2.75) is 32.4 Å². The van der Waals surface area contributed by atoms with Gasteiger partial charge in [-0.15, -0.1) is 0 Å². The monoisotopic (exact) mass is 346 g/mol. The quantitative estimate of drug-likeness (QED) is 0.850. The number of amides is 2. The molecule has 0 saturated carbocycles.